The van der Waals surface area contributed by atoms with Crippen LogP contribution in [0.1, 0.15) is 18.4 Å². The predicted octanol–water partition coefficient (Wildman–Crippen LogP) is 3.04. The molecule has 4 rings (SSSR count). The summed E-state index contributed by atoms with van der Waals surface area (Å²) in [5, 5.41) is 3.81. The van der Waals surface area contributed by atoms with Gasteiger partial charge in [-0.3, -0.25) is 4.98 Å². The van der Waals surface area contributed by atoms with E-state index < -0.39 is 0 Å². The largest absolute Gasteiger partial charge is 0.379 e. The molecule has 2 aliphatic rings. The summed E-state index contributed by atoms with van der Waals surface area (Å²) in [5.74, 6) is 0.377. The number of nitrogens with zero attached hydrogens (tertiary/aromatic N) is 2. The van der Waals surface area contributed by atoms with Crippen molar-refractivity contribution < 1.29 is 9.13 Å². The molecule has 0 radical (unpaired) electrons. The predicted molar refractivity (Wildman–Crippen MR) is 101 cm³/mol. The summed E-state index contributed by atoms with van der Waals surface area (Å²) in [6.07, 6.45) is 6.80. The highest BCUT2D eigenvalue weighted by Gasteiger charge is 2.31. The Hall–Kier alpha value is -1.98. The molecule has 2 atom stereocenters. The summed E-state index contributed by atoms with van der Waals surface area (Å²) < 4.78 is 19.7. The van der Waals surface area contributed by atoms with Crippen LogP contribution in [-0.2, 0) is 11.2 Å². The maximum atomic E-state index is 14.0. The number of benzene rings is 1. The number of aromatic nitrogens is 1. The van der Waals surface area contributed by atoms with Crippen LogP contribution >= 0.6 is 0 Å². The Morgan fingerprint density at radius 1 is 1.08 bits per heavy atom. The van der Waals surface area contributed by atoms with E-state index in [1.54, 1.807) is 12.1 Å². The Balaban J connectivity index is 1.30. The molecule has 0 amide bonds. The van der Waals surface area contributed by atoms with Gasteiger partial charge in [0, 0.05) is 43.5 Å². The SMILES string of the molecule is Fc1ccccc1N1CCC(N[C@H]2COC[C@H]2Cc2ccncc2)CC1. The lowest BCUT2D eigenvalue weighted by molar-refractivity contribution is 0.181. The molecule has 2 saturated heterocycles. The minimum atomic E-state index is -0.125. The summed E-state index contributed by atoms with van der Waals surface area (Å²) >= 11 is 0. The van der Waals surface area contributed by atoms with E-state index in [9.17, 15) is 4.39 Å². The Morgan fingerprint density at radius 2 is 1.85 bits per heavy atom. The van der Waals surface area contributed by atoms with Crippen molar-refractivity contribution in [2.24, 2.45) is 5.92 Å². The molecule has 0 aliphatic carbocycles. The topological polar surface area (TPSA) is 37.4 Å². The van der Waals surface area contributed by atoms with E-state index in [0.29, 0.717) is 18.0 Å². The zero-order valence-corrected chi connectivity index (χ0v) is 15.0. The van der Waals surface area contributed by atoms with E-state index in [2.05, 4.69) is 27.3 Å². The molecule has 1 aromatic carbocycles. The number of hydrogen-bond acceptors (Lipinski definition) is 4. The molecule has 0 unspecified atom stereocenters. The van der Waals surface area contributed by atoms with Crippen molar-refractivity contribution in [1.29, 1.82) is 0 Å². The molecule has 3 heterocycles. The van der Waals surface area contributed by atoms with E-state index in [1.165, 1.54) is 5.56 Å². The van der Waals surface area contributed by atoms with Gasteiger partial charge in [-0.2, -0.15) is 0 Å². The summed E-state index contributed by atoms with van der Waals surface area (Å²) in [6.45, 7) is 3.37. The second-order valence-corrected chi connectivity index (χ2v) is 7.34. The third-order valence-corrected chi connectivity index (χ3v) is 5.58. The minimum absolute atomic E-state index is 0.125. The van der Waals surface area contributed by atoms with Crippen LogP contribution in [0.4, 0.5) is 10.1 Å². The number of rotatable bonds is 5. The van der Waals surface area contributed by atoms with Gasteiger partial charge in [0.05, 0.1) is 18.9 Å². The highest BCUT2D eigenvalue weighted by Crippen LogP contribution is 2.25. The highest BCUT2D eigenvalue weighted by atomic mass is 19.1. The summed E-state index contributed by atoms with van der Waals surface area (Å²) in [7, 11) is 0. The van der Waals surface area contributed by atoms with Crippen LogP contribution in [0.15, 0.2) is 48.8 Å². The monoisotopic (exact) mass is 355 g/mol. The Kier molecular flexibility index (Phi) is 5.46. The van der Waals surface area contributed by atoms with Gasteiger partial charge in [-0.15, -0.1) is 0 Å². The molecule has 138 valence electrons. The van der Waals surface area contributed by atoms with Crippen molar-refractivity contribution >= 4 is 5.69 Å². The third-order valence-electron chi connectivity index (χ3n) is 5.58. The lowest BCUT2D eigenvalue weighted by atomic mass is 9.93. The molecule has 0 saturated carbocycles. The van der Waals surface area contributed by atoms with Gasteiger partial charge in [0.2, 0.25) is 0 Å². The van der Waals surface area contributed by atoms with E-state index >= 15 is 0 Å². The van der Waals surface area contributed by atoms with Gasteiger partial charge in [0.1, 0.15) is 5.82 Å². The fourth-order valence-corrected chi connectivity index (χ4v) is 4.10. The van der Waals surface area contributed by atoms with Gasteiger partial charge in [0.25, 0.3) is 0 Å². The molecule has 5 heteroatoms. The normalized spacial score (nSPS) is 24.1. The molecule has 0 bridgehead atoms. The first kappa shape index (κ1) is 17.4. The maximum absolute atomic E-state index is 14.0. The second kappa shape index (κ2) is 8.14. The van der Waals surface area contributed by atoms with Gasteiger partial charge < -0.3 is 15.0 Å². The first-order valence-corrected chi connectivity index (χ1v) is 9.52. The van der Waals surface area contributed by atoms with Gasteiger partial charge >= 0.3 is 0 Å². The molecule has 2 fully saturated rings. The van der Waals surface area contributed by atoms with Crippen molar-refractivity contribution in [3.05, 3.63) is 60.2 Å². The number of halogens is 1. The average molecular weight is 355 g/mol. The standard InChI is InChI=1S/C21H26FN3O/c22-19-3-1-2-4-21(19)25-11-7-18(8-12-25)24-20-15-26-14-17(20)13-16-5-9-23-10-6-16/h1-6,9-10,17-18,20,24H,7-8,11-15H2/t17-,20+/m1/s1. The Morgan fingerprint density at radius 3 is 2.62 bits per heavy atom. The molecular weight excluding hydrogens is 329 g/mol. The molecule has 2 aromatic rings. The summed E-state index contributed by atoms with van der Waals surface area (Å²) in [4.78, 5) is 6.25. The van der Waals surface area contributed by atoms with Crippen LogP contribution in [0.3, 0.4) is 0 Å². The smallest absolute Gasteiger partial charge is 0.146 e. The fourth-order valence-electron chi connectivity index (χ4n) is 4.10. The first-order valence-electron chi connectivity index (χ1n) is 9.52. The number of ether oxygens (including phenoxy) is 1. The van der Waals surface area contributed by atoms with Gasteiger partial charge in [0.15, 0.2) is 0 Å². The number of anilines is 1. The minimum Gasteiger partial charge on any atom is -0.379 e. The number of pyridine rings is 1. The molecule has 4 nitrogen and oxygen atoms in total. The lowest BCUT2D eigenvalue weighted by Crippen LogP contribution is -2.48. The lowest BCUT2D eigenvalue weighted by Gasteiger charge is -2.36. The number of para-hydroxylation sites is 1. The van der Waals surface area contributed by atoms with Crippen LogP contribution < -0.4 is 10.2 Å². The molecule has 0 spiro atoms. The zero-order valence-electron chi connectivity index (χ0n) is 15.0. The van der Waals surface area contributed by atoms with Crippen LogP contribution in [0.2, 0.25) is 0 Å². The number of nitrogens with one attached hydrogen (secondary N) is 1. The molecular formula is C21H26FN3O. The molecule has 1 aromatic heterocycles. The van der Waals surface area contributed by atoms with Gasteiger partial charge in [-0.05, 0) is 49.1 Å². The first-order chi connectivity index (χ1) is 12.8. The van der Waals surface area contributed by atoms with Gasteiger partial charge in [-0.25, -0.2) is 4.39 Å². The van der Waals surface area contributed by atoms with E-state index in [0.717, 1.165) is 51.3 Å². The summed E-state index contributed by atoms with van der Waals surface area (Å²) in [5.41, 5.74) is 2.04. The van der Waals surface area contributed by atoms with Crippen molar-refractivity contribution in [3.63, 3.8) is 0 Å². The highest BCUT2D eigenvalue weighted by molar-refractivity contribution is 5.47. The molecule has 2 aliphatic heterocycles. The van der Waals surface area contributed by atoms with E-state index in [4.69, 9.17) is 4.74 Å². The van der Waals surface area contributed by atoms with Crippen molar-refractivity contribution in [2.75, 3.05) is 31.2 Å². The van der Waals surface area contributed by atoms with E-state index in [1.807, 2.05) is 24.5 Å². The quantitative estimate of drug-likeness (QED) is 0.895. The van der Waals surface area contributed by atoms with Crippen LogP contribution in [0.5, 0.6) is 0 Å². The number of hydrogen-bond donors (Lipinski definition) is 1. The number of piperidine rings is 1. The molecule has 1 N–H and O–H groups in total. The van der Waals surface area contributed by atoms with Gasteiger partial charge in [-0.1, -0.05) is 12.1 Å². The van der Waals surface area contributed by atoms with Crippen LogP contribution in [0.25, 0.3) is 0 Å². The Bertz CT molecular complexity index is 703. The summed E-state index contributed by atoms with van der Waals surface area (Å²) in [6, 6.07) is 12.1. The van der Waals surface area contributed by atoms with Crippen molar-refractivity contribution in [1.82, 2.24) is 10.3 Å². The maximum Gasteiger partial charge on any atom is 0.146 e. The average Bonchev–Trinajstić information content (AvgIpc) is 3.10. The van der Waals surface area contributed by atoms with Crippen molar-refractivity contribution in [3.8, 4) is 0 Å². The van der Waals surface area contributed by atoms with Crippen molar-refractivity contribution in [2.45, 2.75) is 31.3 Å². The van der Waals surface area contributed by atoms with E-state index in [-0.39, 0.29) is 5.82 Å². The fraction of sp³-hybridized carbons (Fsp3) is 0.476. The Labute approximate surface area is 154 Å². The van der Waals surface area contributed by atoms with Crippen LogP contribution in [0, 0.1) is 11.7 Å². The zero-order chi connectivity index (χ0) is 17.8. The van der Waals surface area contributed by atoms with Crippen LogP contribution in [-0.4, -0.2) is 43.4 Å². The molecule has 26 heavy (non-hydrogen) atoms. The third kappa shape index (κ3) is 4.05. The second-order valence-electron chi connectivity index (χ2n) is 7.34.